The first kappa shape index (κ1) is 13.5. The van der Waals surface area contributed by atoms with E-state index >= 15 is 0 Å². The molecule has 0 aliphatic rings. The lowest BCUT2D eigenvalue weighted by Gasteiger charge is -2.00. The van der Waals surface area contributed by atoms with Gasteiger partial charge in [0.05, 0.1) is 12.7 Å². The summed E-state index contributed by atoms with van der Waals surface area (Å²) in [4.78, 5) is 0. The van der Waals surface area contributed by atoms with Gasteiger partial charge < -0.3 is 14.9 Å². The maximum absolute atomic E-state index is 8.56. The number of hydrogen-bond acceptors (Lipinski definition) is 3. The van der Waals surface area contributed by atoms with E-state index in [9.17, 15) is 0 Å². The lowest BCUT2D eigenvalue weighted by molar-refractivity contribution is 0.0527. The lowest BCUT2D eigenvalue weighted by atomic mass is 10.4. The molecule has 0 saturated carbocycles. The zero-order valence-electron chi connectivity index (χ0n) is 7.71. The van der Waals surface area contributed by atoms with E-state index in [1.807, 2.05) is 13.8 Å². The van der Waals surface area contributed by atoms with Gasteiger partial charge >= 0.3 is 0 Å². The van der Waals surface area contributed by atoms with E-state index in [0.717, 1.165) is 6.42 Å². The average Bonchev–Trinajstić information content (AvgIpc) is 2.01. The molecule has 0 aromatic heterocycles. The minimum Gasteiger partial charge on any atom is -0.396 e. The van der Waals surface area contributed by atoms with Crippen LogP contribution < -0.4 is 0 Å². The Morgan fingerprint density at radius 3 is 1.91 bits per heavy atom. The maximum atomic E-state index is 8.56. The van der Waals surface area contributed by atoms with Crippen molar-refractivity contribution in [1.82, 2.24) is 0 Å². The molecule has 3 nitrogen and oxygen atoms in total. The normalized spacial score (nSPS) is 11.7. The molecule has 0 rings (SSSR count). The summed E-state index contributed by atoms with van der Waals surface area (Å²) in [6.07, 6.45) is 0.556. The second kappa shape index (κ2) is 12.5. The molecule has 0 aliphatic carbocycles. The van der Waals surface area contributed by atoms with Crippen LogP contribution in [0.5, 0.6) is 0 Å². The molecule has 0 saturated heterocycles. The molecule has 0 aromatic carbocycles. The number of hydrogen-bond donors (Lipinski definition) is 2. The summed E-state index contributed by atoms with van der Waals surface area (Å²) in [5.41, 5.74) is 0. The number of aliphatic hydroxyl groups is 2. The predicted molar refractivity (Wildman–Crippen MR) is 45.6 cm³/mol. The van der Waals surface area contributed by atoms with E-state index < -0.39 is 0 Å². The van der Waals surface area contributed by atoms with Crippen molar-refractivity contribution in [2.24, 2.45) is 0 Å². The van der Waals surface area contributed by atoms with Gasteiger partial charge in [-0.05, 0) is 20.3 Å². The highest BCUT2D eigenvalue weighted by Gasteiger charge is 1.89. The molecule has 0 bridgehead atoms. The first-order valence-corrected chi connectivity index (χ1v) is 4.05. The van der Waals surface area contributed by atoms with E-state index in [-0.39, 0.29) is 6.10 Å². The zero-order chi connectivity index (χ0) is 9.11. The molecule has 0 aliphatic heterocycles. The molecule has 1 unspecified atom stereocenters. The van der Waals surface area contributed by atoms with Crippen molar-refractivity contribution in [3.05, 3.63) is 0 Å². The van der Waals surface area contributed by atoms with E-state index in [0.29, 0.717) is 19.8 Å². The van der Waals surface area contributed by atoms with Crippen LogP contribution >= 0.6 is 0 Å². The lowest BCUT2D eigenvalue weighted by Crippen LogP contribution is -2.09. The van der Waals surface area contributed by atoms with Crippen LogP contribution in [0.3, 0.4) is 0 Å². The van der Waals surface area contributed by atoms with Gasteiger partial charge in [-0.25, -0.2) is 0 Å². The molecule has 0 aromatic rings. The Morgan fingerprint density at radius 2 is 1.82 bits per heavy atom. The Kier molecular flexibility index (Phi) is 15.4. The molecule has 0 fully saturated rings. The van der Waals surface area contributed by atoms with Crippen LogP contribution in [0.25, 0.3) is 0 Å². The monoisotopic (exact) mass is 164 g/mol. The van der Waals surface area contributed by atoms with Gasteiger partial charge in [0, 0.05) is 13.2 Å². The summed E-state index contributed by atoms with van der Waals surface area (Å²) >= 11 is 0. The highest BCUT2D eigenvalue weighted by molar-refractivity contribution is 4.38. The highest BCUT2D eigenvalue weighted by Crippen LogP contribution is 1.79. The summed E-state index contributed by atoms with van der Waals surface area (Å²) in [5.74, 6) is 0. The molecular weight excluding hydrogens is 144 g/mol. The summed E-state index contributed by atoms with van der Waals surface area (Å²) in [6, 6.07) is 0. The van der Waals surface area contributed by atoms with Crippen molar-refractivity contribution < 1.29 is 14.9 Å². The van der Waals surface area contributed by atoms with Gasteiger partial charge in [0.25, 0.3) is 0 Å². The standard InChI is InChI=1S/C5H12O2.C3H8O/c1-3-7-4-5(2)6;1-2-3-4/h5-6H,3-4H2,1-2H3;4H,2-3H2,1H3. The summed E-state index contributed by atoms with van der Waals surface area (Å²) < 4.78 is 4.84. The van der Waals surface area contributed by atoms with Crippen LogP contribution in [-0.2, 0) is 4.74 Å². The Bertz CT molecular complexity index is 53.3. The number of aliphatic hydroxyl groups excluding tert-OH is 2. The smallest absolute Gasteiger partial charge is 0.0745 e. The SMILES string of the molecule is CCCO.CCOCC(C)O. The van der Waals surface area contributed by atoms with Crippen molar-refractivity contribution >= 4 is 0 Å². The molecule has 0 spiro atoms. The minimum atomic E-state index is -0.319. The molecular formula is C8H20O3. The predicted octanol–water partition coefficient (Wildman–Crippen LogP) is 0.792. The minimum absolute atomic E-state index is 0.319. The second-order valence-electron chi connectivity index (χ2n) is 2.23. The third kappa shape index (κ3) is 25.8. The fourth-order valence-corrected chi connectivity index (χ4v) is 0.288. The van der Waals surface area contributed by atoms with Crippen LogP contribution in [0.1, 0.15) is 27.2 Å². The van der Waals surface area contributed by atoms with Crippen LogP contribution in [-0.4, -0.2) is 36.1 Å². The molecule has 0 radical (unpaired) electrons. The van der Waals surface area contributed by atoms with Crippen LogP contribution in [0.4, 0.5) is 0 Å². The van der Waals surface area contributed by atoms with Crippen molar-refractivity contribution in [2.75, 3.05) is 19.8 Å². The summed E-state index contributed by atoms with van der Waals surface area (Å²) in [5, 5.41) is 16.4. The summed E-state index contributed by atoms with van der Waals surface area (Å²) in [6.45, 7) is 7.00. The fourth-order valence-electron chi connectivity index (χ4n) is 0.288. The zero-order valence-corrected chi connectivity index (χ0v) is 7.71. The topological polar surface area (TPSA) is 49.7 Å². The van der Waals surface area contributed by atoms with Gasteiger partial charge in [-0.3, -0.25) is 0 Å². The van der Waals surface area contributed by atoms with Gasteiger partial charge in [0.1, 0.15) is 0 Å². The van der Waals surface area contributed by atoms with Crippen LogP contribution in [0.2, 0.25) is 0 Å². The third-order valence-electron chi connectivity index (χ3n) is 0.787. The Labute approximate surface area is 69.0 Å². The van der Waals surface area contributed by atoms with E-state index in [1.165, 1.54) is 0 Å². The molecule has 3 heteroatoms. The fraction of sp³-hybridized carbons (Fsp3) is 1.00. The van der Waals surface area contributed by atoms with E-state index in [2.05, 4.69) is 0 Å². The largest absolute Gasteiger partial charge is 0.396 e. The average molecular weight is 164 g/mol. The number of rotatable bonds is 4. The van der Waals surface area contributed by atoms with Gasteiger partial charge in [-0.1, -0.05) is 6.92 Å². The van der Waals surface area contributed by atoms with Gasteiger partial charge in [-0.2, -0.15) is 0 Å². The Morgan fingerprint density at radius 1 is 1.36 bits per heavy atom. The van der Waals surface area contributed by atoms with Crippen molar-refractivity contribution in [3.8, 4) is 0 Å². The first-order chi connectivity index (χ1) is 5.18. The molecule has 0 heterocycles. The maximum Gasteiger partial charge on any atom is 0.0745 e. The second-order valence-corrected chi connectivity index (χ2v) is 2.23. The van der Waals surface area contributed by atoms with Gasteiger partial charge in [0.15, 0.2) is 0 Å². The van der Waals surface area contributed by atoms with Gasteiger partial charge in [-0.15, -0.1) is 0 Å². The van der Waals surface area contributed by atoms with Crippen molar-refractivity contribution in [1.29, 1.82) is 0 Å². The summed E-state index contributed by atoms with van der Waals surface area (Å²) in [7, 11) is 0. The van der Waals surface area contributed by atoms with Crippen LogP contribution in [0.15, 0.2) is 0 Å². The van der Waals surface area contributed by atoms with Gasteiger partial charge in [0.2, 0.25) is 0 Å². The Hall–Kier alpha value is -0.120. The first-order valence-electron chi connectivity index (χ1n) is 4.05. The molecule has 1 atom stereocenters. The van der Waals surface area contributed by atoms with Crippen molar-refractivity contribution in [3.63, 3.8) is 0 Å². The molecule has 11 heavy (non-hydrogen) atoms. The van der Waals surface area contributed by atoms with Crippen molar-refractivity contribution in [2.45, 2.75) is 33.3 Å². The molecule has 0 amide bonds. The van der Waals surface area contributed by atoms with Crippen LogP contribution in [0, 0.1) is 0 Å². The quantitative estimate of drug-likeness (QED) is 0.646. The number of ether oxygens (including phenoxy) is 1. The third-order valence-corrected chi connectivity index (χ3v) is 0.787. The van der Waals surface area contributed by atoms with E-state index in [4.69, 9.17) is 14.9 Å². The molecule has 70 valence electrons. The highest BCUT2D eigenvalue weighted by atomic mass is 16.5. The van der Waals surface area contributed by atoms with E-state index in [1.54, 1.807) is 6.92 Å². The molecule has 2 N–H and O–H groups in total. The Balaban J connectivity index is 0.